The van der Waals surface area contributed by atoms with Crippen LogP contribution >= 0.6 is 0 Å². The van der Waals surface area contributed by atoms with Gasteiger partial charge in [-0.15, -0.1) is 0 Å². The zero-order chi connectivity index (χ0) is 15.1. The van der Waals surface area contributed by atoms with E-state index in [-0.39, 0.29) is 15.9 Å². The number of hydrogen-bond donors (Lipinski definition) is 3. The number of hydrogen-bond acceptors (Lipinski definition) is 4. The first-order chi connectivity index (χ1) is 9.11. The molecule has 2 rings (SSSR count). The van der Waals surface area contributed by atoms with E-state index in [1.807, 2.05) is 0 Å². The topological polar surface area (TPSA) is 109 Å². The SMILES string of the molecule is CC1(C)CC1CNc1ccc(S(N)(=O)=O)cc1C(=O)O. The fourth-order valence-electron chi connectivity index (χ4n) is 2.19. The molecule has 4 N–H and O–H groups in total. The molecular weight excluding hydrogens is 280 g/mol. The van der Waals surface area contributed by atoms with Crippen LogP contribution in [0.5, 0.6) is 0 Å². The predicted molar refractivity (Wildman–Crippen MR) is 75.2 cm³/mol. The summed E-state index contributed by atoms with van der Waals surface area (Å²) in [6.45, 7) is 4.98. The highest BCUT2D eigenvalue weighted by Crippen LogP contribution is 2.51. The van der Waals surface area contributed by atoms with Crippen LogP contribution in [-0.2, 0) is 10.0 Å². The Hall–Kier alpha value is -1.60. The smallest absolute Gasteiger partial charge is 0.337 e. The van der Waals surface area contributed by atoms with Gasteiger partial charge in [-0.1, -0.05) is 13.8 Å². The van der Waals surface area contributed by atoms with Gasteiger partial charge in [-0.3, -0.25) is 0 Å². The Morgan fingerprint density at radius 1 is 1.50 bits per heavy atom. The number of carboxylic acid groups (broad SMARTS) is 1. The maximum absolute atomic E-state index is 11.2. The molecule has 20 heavy (non-hydrogen) atoms. The lowest BCUT2D eigenvalue weighted by Gasteiger charge is -2.11. The molecule has 0 saturated heterocycles. The number of rotatable bonds is 5. The average molecular weight is 298 g/mol. The molecule has 0 spiro atoms. The first-order valence-corrected chi connectivity index (χ1v) is 7.80. The van der Waals surface area contributed by atoms with Crippen molar-refractivity contribution in [3.8, 4) is 0 Å². The van der Waals surface area contributed by atoms with Gasteiger partial charge in [-0.2, -0.15) is 0 Å². The first-order valence-electron chi connectivity index (χ1n) is 6.25. The lowest BCUT2D eigenvalue weighted by Crippen LogP contribution is -2.15. The van der Waals surface area contributed by atoms with E-state index in [4.69, 9.17) is 10.2 Å². The molecule has 1 aromatic carbocycles. The quantitative estimate of drug-likeness (QED) is 0.763. The Morgan fingerprint density at radius 2 is 2.10 bits per heavy atom. The van der Waals surface area contributed by atoms with E-state index < -0.39 is 16.0 Å². The Bertz CT molecular complexity index is 652. The van der Waals surface area contributed by atoms with Gasteiger partial charge < -0.3 is 10.4 Å². The van der Waals surface area contributed by atoms with Crippen molar-refractivity contribution in [2.45, 2.75) is 25.2 Å². The van der Waals surface area contributed by atoms with Gasteiger partial charge in [-0.05, 0) is 36.0 Å². The highest BCUT2D eigenvalue weighted by molar-refractivity contribution is 7.89. The molecule has 1 unspecified atom stereocenters. The number of primary sulfonamides is 1. The number of sulfonamides is 1. The first kappa shape index (κ1) is 14.8. The molecule has 1 aliphatic rings. The molecule has 1 saturated carbocycles. The second-order valence-electron chi connectivity index (χ2n) is 5.83. The van der Waals surface area contributed by atoms with Crippen LogP contribution in [0.2, 0.25) is 0 Å². The average Bonchev–Trinajstić information content (AvgIpc) is 2.93. The summed E-state index contributed by atoms with van der Waals surface area (Å²) >= 11 is 0. The maximum Gasteiger partial charge on any atom is 0.337 e. The van der Waals surface area contributed by atoms with Crippen molar-refractivity contribution in [3.05, 3.63) is 23.8 Å². The van der Waals surface area contributed by atoms with E-state index in [1.165, 1.54) is 12.1 Å². The lowest BCUT2D eigenvalue weighted by atomic mass is 10.1. The van der Waals surface area contributed by atoms with E-state index in [0.717, 1.165) is 12.5 Å². The fraction of sp³-hybridized carbons (Fsp3) is 0.462. The Morgan fingerprint density at radius 3 is 2.55 bits per heavy atom. The van der Waals surface area contributed by atoms with Crippen molar-refractivity contribution in [1.82, 2.24) is 0 Å². The summed E-state index contributed by atoms with van der Waals surface area (Å²) in [5, 5.41) is 17.2. The Balaban J connectivity index is 2.22. The van der Waals surface area contributed by atoms with Gasteiger partial charge in [0, 0.05) is 12.2 Å². The standard InChI is InChI=1S/C13H18N2O4S/c1-13(2)6-8(13)7-15-11-4-3-9(20(14,18)19)5-10(11)12(16)17/h3-5,8,15H,6-7H2,1-2H3,(H,16,17)(H2,14,18,19). The maximum atomic E-state index is 11.2. The largest absolute Gasteiger partial charge is 0.478 e. The third-order valence-electron chi connectivity index (χ3n) is 3.81. The van der Waals surface area contributed by atoms with E-state index in [0.29, 0.717) is 18.2 Å². The van der Waals surface area contributed by atoms with Gasteiger partial charge in [0.1, 0.15) is 0 Å². The summed E-state index contributed by atoms with van der Waals surface area (Å²) in [6.07, 6.45) is 1.09. The fourth-order valence-corrected chi connectivity index (χ4v) is 2.73. The highest BCUT2D eigenvalue weighted by atomic mass is 32.2. The number of carboxylic acids is 1. The summed E-state index contributed by atoms with van der Waals surface area (Å²) < 4.78 is 22.5. The Kier molecular flexibility index (Phi) is 3.51. The van der Waals surface area contributed by atoms with E-state index in [9.17, 15) is 13.2 Å². The molecule has 0 aliphatic heterocycles. The van der Waals surface area contributed by atoms with Crippen LogP contribution in [0.25, 0.3) is 0 Å². The molecule has 0 aromatic heterocycles. The van der Waals surface area contributed by atoms with Crippen LogP contribution in [0.15, 0.2) is 23.1 Å². The second kappa shape index (κ2) is 4.75. The van der Waals surface area contributed by atoms with Crippen molar-refractivity contribution in [2.75, 3.05) is 11.9 Å². The number of nitrogens with one attached hydrogen (secondary N) is 1. The van der Waals surface area contributed by atoms with Gasteiger partial charge in [0.2, 0.25) is 10.0 Å². The normalized spacial score (nSPS) is 20.4. The van der Waals surface area contributed by atoms with Crippen molar-refractivity contribution < 1.29 is 18.3 Å². The molecule has 110 valence electrons. The van der Waals surface area contributed by atoms with Crippen LogP contribution in [0.3, 0.4) is 0 Å². The summed E-state index contributed by atoms with van der Waals surface area (Å²) in [7, 11) is -3.90. The van der Waals surface area contributed by atoms with Gasteiger partial charge in [0.05, 0.1) is 10.5 Å². The van der Waals surface area contributed by atoms with E-state index in [2.05, 4.69) is 19.2 Å². The summed E-state index contributed by atoms with van der Waals surface area (Å²) in [6, 6.07) is 3.83. The number of aromatic carboxylic acids is 1. The van der Waals surface area contributed by atoms with E-state index >= 15 is 0 Å². The molecule has 1 atom stereocenters. The molecule has 7 heteroatoms. The van der Waals surface area contributed by atoms with Crippen LogP contribution in [0.1, 0.15) is 30.6 Å². The molecule has 1 aliphatic carbocycles. The van der Waals surface area contributed by atoms with Crippen LogP contribution in [0.4, 0.5) is 5.69 Å². The monoisotopic (exact) mass is 298 g/mol. The number of carbonyl (C=O) groups is 1. The minimum atomic E-state index is -3.90. The second-order valence-corrected chi connectivity index (χ2v) is 7.39. The number of benzene rings is 1. The highest BCUT2D eigenvalue weighted by Gasteiger charge is 2.45. The molecule has 0 bridgehead atoms. The molecular formula is C13H18N2O4S. The van der Waals surface area contributed by atoms with Gasteiger partial charge in [0.15, 0.2) is 0 Å². The Labute approximate surface area is 118 Å². The van der Waals surface area contributed by atoms with Gasteiger partial charge >= 0.3 is 5.97 Å². The zero-order valence-electron chi connectivity index (χ0n) is 11.4. The molecule has 1 fully saturated rings. The third-order valence-corrected chi connectivity index (χ3v) is 4.72. The van der Waals surface area contributed by atoms with Crippen molar-refractivity contribution >= 4 is 21.7 Å². The number of nitrogens with two attached hydrogens (primary N) is 1. The van der Waals surface area contributed by atoms with E-state index in [1.54, 1.807) is 0 Å². The molecule has 0 amide bonds. The minimum absolute atomic E-state index is 0.0880. The van der Waals surface area contributed by atoms with Crippen LogP contribution < -0.4 is 10.5 Å². The van der Waals surface area contributed by atoms with Crippen molar-refractivity contribution in [3.63, 3.8) is 0 Å². The number of anilines is 1. The van der Waals surface area contributed by atoms with Crippen LogP contribution in [0, 0.1) is 11.3 Å². The minimum Gasteiger partial charge on any atom is -0.478 e. The molecule has 1 aromatic rings. The zero-order valence-corrected chi connectivity index (χ0v) is 12.2. The summed E-state index contributed by atoms with van der Waals surface area (Å²) in [5.41, 5.74) is 0.610. The van der Waals surface area contributed by atoms with Crippen LogP contribution in [-0.4, -0.2) is 26.0 Å². The van der Waals surface area contributed by atoms with Crippen molar-refractivity contribution in [2.24, 2.45) is 16.5 Å². The van der Waals surface area contributed by atoms with Crippen molar-refractivity contribution in [1.29, 1.82) is 0 Å². The lowest BCUT2D eigenvalue weighted by molar-refractivity contribution is 0.0697. The third kappa shape index (κ3) is 3.10. The molecule has 0 heterocycles. The molecule has 6 nitrogen and oxygen atoms in total. The van der Waals surface area contributed by atoms with Gasteiger partial charge in [-0.25, -0.2) is 18.4 Å². The summed E-state index contributed by atoms with van der Waals surface area (Å²) in [4.78, 5) is 11.0. The predicted octanol–water partition coefficient (Wildman–Crippen LogP) is 1.49. The molecule has 0 radical (unpaired) electrons. The van der Waals surface area contributed by atoms with Gasteiger partial charge in [0.25, 0.3) is 0 Å². The summed E-state index contributed by atoms with van der Waals surface area (Å²) in [5.74, 6) is -0.685.